The van der Waals surface area contributed by atoms with E-state index < -0.39 is 0 Å². The topological polar surface area (TPSA) is 62.8 Å². The minimum Gasteiger partial charge on any atom is -0.436 e. The molecular weight excluding hydrogens is 228 g/mol. The standard InChI is InChI=1S/C13H18N4O/c1-3-5-14-8-11-4-6-15-9-12(11)18-13-7-10(2)16-17-13/h4,6-7,9,14H,3,5,8H2,1-2H3,(H,16,17). The molecule has 0 aliphatic rings. The zero-order valence-electron chi connectivity index (χ0n) is 10.7. The van der Waals surface area contributed by atoms with Gasteiger partial charge in [-0.3, -0.25) is 10.1 Å². The first-order valence-electron chi connectivity index (χ1n) is 6.13. The highest BCUT2D eigenvalue weighted by atomic mass is 16.5. The summed E-state index contributed by atoms with van der Waals surface area (Å²) < 4.78 is 5.72. The summed E-state index contributed by atoms with van der Waals surface area (Å²) in [5, 5.41) is 10.2. The van der Waals surface area contributed by atoms with E-state index in [0.29, 0.717) is 5.88 Å². The lowest BCUT2D eigenvalue weighted by Gasteiger charge is -2.09. The van der Waals surface area contributed by atoms with Crippen LogP contribution in [0.1, 0.15) is 24.6 Å². The van der Waals surface area contributed by atoms with Crippen LogP contribution in [0.2, 0.25) is 0 Å². The molecule has 5 heteroatoms. The van der Waals surface area contributed by atoms with Crippen LogP contribution in [-0.4, -0.2) is 21.7 Å². The van der Waals surface area contributed by atoms with Crippen LogP contribution in [0.4, 0.5) is 0 Å². The third-order valence-corrected chi connectivity index (χ3v) is 2.51. The van der Waals surface area contributed by atoms with Crippen molar-refractivity contribution in [3.8, 4) is 11.6 Å². The number of ether oxygens (including phenoxy) is 1. The SMILES string of the molecule is CCCNCc1ccncc1Oc1cc(C)[nH]n1. The molecule has 0 aromatic carbocycles. The molecule has 0 radical (unpaired) electrons. The fourth-order valence-electron chi connectivity index (χ4n) is 1.60. The van der Waals surface area contributed by atoms with E-state index in [9.17, 15) is 0 Å². The molecule has 0 bridgehead atoms. The summed E-state index contributed by atoms with van der Waals surface area (Å²) in [5.41, 5.74) is 2.05. The molecule has 0 unspecified atom stereocenters. The minimum absolute atomic E-state index is 0.567. The van der Waals surface area contributed by atoms with Gasteiger partial charge in [0.15, 0.2) is 5.75 Å². The molecular formula is C13H18N4O. The predicted octanol–water partition coefficient (Wildman–Crippen LogP) is 2.41. The van der Waals surface area contributed by atoms with Gasteiger partial charge >= 0.3 is 0 Å². The monoisotopic (exact) mass is 246 g/mol. The summed E-state index contributed by atoms with van der Waals surface area (Å²) in [4.78, 5) is 4.09. The number of hydrogen-bond donors (Lipinski definition) is 2. The first-order chi connectivity index (χ1) is 8.79. The second-order valence-corrected chi connectivity index (χ2v) is 4.15. The van der Waals surface area contributed by atoms with Crippen molar-refractivity contribution in [2.45, 2.75) is 26.8 Å². The van der Waals surface area contributed by atoms with E-state index in [1.54, 1.807) is 12.4 Å². The zero-order valence-corrected chi connectivity index (χ0v) is 10.7. The van der Waals surface area contributed by atoms with E-state index in [-0.39, 0.29) is 0 Å². The molecule has 5 nitrogen and oxygen atoms in total. The summed E-state index contributed by atoms with van der Waals surface area (Å²) in [5.74, 6) is 1.31. The van der Waals surface area contributed by atoms with Crippen LogP contribution in [0.15, 0.2) is 24.5 Å². The lowest BCUT2D eigenvalue weighted by atomic mass is 10.2. The van der Waals surface area contributed by atoms with Gasteiger partial charge in [0.25, 0.3) is 0 Å². The molecule has 0 amide bonds. The van der Waals surface area contributed by atoms with Gasteiger partial charge in [-0.25, -0.2) is 0 Å². The Bertz CT molecular complexity index is 495. The summed E-state index contributed by atoms with van der Waals surface area (Å²) in [7, 11) is 0. The maximum atomic E-state index is 5.72. The van der Waals surface area contributed by atoms with Crippen molar-refractivity contribution in [2.75, 3.05) is 6.54 Å². The van der Waals surface area contributed by atoms with Gasteiger partial charge < -0.3 is 10.1 Å². The highest BCUT2D eigenvalue weighted by Crippen LogP contribution is 2.22. The predicted molar refractivity (Wildman–Crippen MR) is 69.6 cm³/mol. The van der Waals surface area contributed by atoms with Gasteiger partial charge in [-0.15, -0.1) is 5.10 Å². The average Bonchev–Trinajstić information content (AvgIpc) is 2.77. The lowest BCUT2D eigenvalue weighted by molar-refractivity contribution is 0.450. The average molecular weight is 246 g/mol. The van der Waals surface area contributed by atoms with Crippen molar-refractivity contribution < 1.29 is 4.74 Å². The highest BCUT2D eigenvalue weighted by Gasteiger charge is 2.06. The van der Waals surface area contributed by atoms with E-state index in [2.05, 4.69) is 27.4 Å². The Morgan fingerprint density at radius 3 is 3.06 bits per heavy atom. The van der Waals surface area contributed by atoms with Crippen LogP contribution in [0.3, 0.4) is 0 Å². The molecule has 2 aromatic rings. The number of nitrogens with zero attached hydrogens (tertiary/aromatic N) is 2. The first kappa shape index (κ1) is 12.6. The van der Waals surface area contributed by atoms with Crippen LogP contribution in [0.25, 0.3) is 0 Å². The molecule has 0 saturated carbocycles. The van der Waals surface area contributed by atoms with Gasteiger partial charge in [0.05, 0.1) is 6.20 Å². The highest BCUT2D eigenvalue weighted by molar-refractivity contribution is 5.33. The second kappa shape index (κ2) is 6.16. The Kier molecular flexibility index (Phi) is 4.30. The number of rotatable bonds is 6. The minimum atomic E-state index is 0.567. The molecule has 18 heavy (non-hydrogen) atoms. The molecule has 0 aliphatic carbocycles. The number of hydrogen-bond acceptors (Lipinski definition) is 4. The van der Waals surface area contributed by atoms with E-state index in [0.717, 1.165) is 36.5 Å². The number of aryl methyl sites for hydroxylation is 1. The fourth-order valence-corrected chi connectivity index (χ4v) is 1.60. The Morgan fingerprint density at radius 2 is 2.33 bits per heavy atom. The van der Waals surface area contributed by atoms with E-state index in [1.807, 2.05) is 19.1 Å². The Hall–Kier alpha value is -1.88. The van der Waals surface area contributed by atoms with Crippen molar-refractivity contribution in [1.82, 2.24) is 20.5 Å². The molecule has 2 heterocycles. The van der Waals surface area contributed by atoms with Gasteiger partial charge in [0.1, 0.15) is 0 Å². The Balaban J connectivity index is 2.07. The van der Waals surface area contributed by atoms with Crippen LogP contribution < -0.4 is 10.1 Å². The van der Waals surface area contributed by atoms with Crippen LogP contribution >= 0.6 is 0 Å². The molecule has 0 fully saturated rings. The maximum Gasteiger partial charge on any atom is 0.238 e. The zero-order chi connectivity index (χ0) is 12.8. The summed E-state index contributed by atoms with van der Waals surface area (Å²) >= 11 is 0. The first-order valence-corrected chi connectivity index (χ1v) is 6.13. The van der Waals surface area contributed by atoms with Crippen molar-refractivity contribution in [3.63, 3.8) is 0 Å². The summed E-state index contributed by atoms with van der Waals surface area (Å²) in [6.45, 7) is 5.84. The second-order valence-electron chi connectivity index (χ2n) is 4.15. The smallest absolute Gasteiger partial charge is 0.238 e. The molecule has 0 atom stereocenters. The molecule has 2 rings (SSSR count). The Morgan fingerprint density at radius 1 is 1.44 bits per heavy atom. The van der Waals surface area contributed by atoms with Crippen molar-refractivity contribution in [3.05, 3.63) is 35.8 Å². The molecule has 0 aliphatic heterocycles. The van der Waals surface area contributed by atoms with Gasteiger partial charge in [-0.2, -0.15) is 0 Å². The number of aromatic nitrogens is 3. The van der Waals surface area contributed by atoms with Gasteiger partial charge in [0.2, 0.25) is 5.88 Å². The van der Waals surface area contributed by atoms with E-state index in [4.69, 9.17) is 4.74 Å². The van der Waals surface area contributed by atoms with Crippen molar-refractivity contribution in [2.24, 2.45) is 0 Å². The van der Waals surface area contributed by atoms with Crippen LogP contribution in [0, 0.1) is 6.92 Å². The number of pyridine rings is 1. The third kappa shape index (κ3) is 3.30. The fraction of sp³-hybridized carbons (Fsp3) is 0.385. The van der Waals surface area contributed by atoms with E-state index in [1.165, 1.54) is 0 Å². The lowest BCUT2D eigenvalue weighted by Crippen LogP contribution is -2.14. The van der Waals surface area contributed by atoms with Crippen LogP contribution in [0.5, 0.6) is 11.6 Å². The summed E-state index contributed by atoms with van der Waals surface area (Å²) in [6, 6.07) is 3.81. The maximum absolute atomic E-state index is 5.72. The van der Waals surface area contributed by atoms with E-state index >= 15 is 0 Å². The van der Waals surface area contributed by atoms with Crippen molar-refractivity contribution in [1.29, 1.82) is 0 Å². The largest absolute Gasteiger partial charge is 0.436 e. The van der Waals surface area contributed by atoms with Gasteiger partial charge in [0, 0.05) is 30.1 Å². The third-order valence-electron chi connectivity index (χ3n) is 2.51. The van der Waals surface area contributed by atoms with Crippen molar-refractivity contribution >= 4 is 0 Å². The quantitative estimate of drug-likeness (QED) is 0.768. The number of aromatic amines is 1. The molecule has 0 saturated heterocycles. The van der Waals surface area contributed by atoms with Gasteiger partial charge in [-0.1, -0.05) is 6.92 Å². The normalized spacial score (nSPS) is 10.6. The number of H-pyrrole nitrogens is 1. The summed E-state index contributed by atoms with van der Waals surface area (Å²) in [6.07, 6.45) is 4.60. The Labute approximate surface area is 107 Å². The molecule has 96 valence electrons. The number of nitrogens with one attached hydrogen (secondary N) is 2. The van der Waals surface area contributed by atoms with Crippen LogP contribution in [-0.2, 0) is 6.54 Å². The molecule has 2 aromatic heterocycles. The van der Waals surface area contributed by atoms with Gasteiger partial charge in [-0.05, 0) is 26.0 Å². The molecule has 0 spiro atoms. The molecule has 2 N–H and O–H groups in total.